The second kappa shape index (κ2) is 13.7. The molecular formula is C23H34N6O5S. The van der Waals surface area contributed by atoms with E-state index in [1.54, 1.807) is 6.20 Å². The molecule has 0 aliphatic heterocycles. The van der Waals surface area contributed by atoms with Crippen LogP contribution in [0.2, 0.25) is 0 Å². The molecule has 0 saturated carbocycles. The number of benzene rings is 1. The van der Waals surface area contributed by atoms with Crippen LogP contribution in [0.15, 0.2) is 30.5 Å². The van der Waals surface area contributed by atoms with Crippen LogP contribution in [-0.4, -0.2) is 70.2 Å². The van der Waals surface area contributed by atoms with Crippen molar-refractivity contribution in [2.24, 2.45) is 11.5 Å². The molecule has 2 aromatic rings. The van der Waals surface area contributed by atoms with Crippen LogP contribution in [-0.2, 0) is 25.6 Å². The van der Waals surface area contributed by atoms with Crippen molar-refractivity contribution < 1.29 is 24.3 Å². The number of hydrogen-bond acceptors (Lipinski definition) is 7. The number of aromatic amines is 1. The van der Waals surface area contributed by atoms with Gasteiger partial charge in [-0.2, -0.15) is 12.6 Å². The Morgan fingerprint density at radius 3 is 2.34 bits per heavy atom. The van der Waals surface area contributed by atoms with Gasteiger partial charge in [-0.1, -0.05) is 24.6 Å². The van der Waals surface area contributed by atoms with Gasteiger partial charge in [-0.3, -0.25) is 19.2 Å². The van der Waals surface area contributed by atoms with Gasteiger partial charge in [0.15, 0.2) is 0 Å². The fraction of sp³-hybridized carbons (Fsp3) is 0.478. The van der Waals surface area contributed by atoms with Crippen molar-refractivity contribution in [3.63, 3.8) is 0 Å². The largest absolute Gasteiger partial charge is 0.480 e. The number of rotatable bonds is 14. The number of unbranched alkanes of at least 4 members (excludes halogenated alkanes) is 1. The quantitative estimate of drug-likeness (QED) is 0.127. The smallest absolute Gasteiger partial charge is 0.325 e. The lowest BCUT2D eigenvalue weighted by molar-refractivity contribution is -0.141. The van der Waals surface area contributed by atoms with Gasteiger partial charge in [0.05, 0.1) is 6.04 Å². The topological polar surface area (TPSA) is 192 Å². The predicted octanol–water partition coefficient (Wildman–Crippen LogP) is -0.345. The molecule has 11 nitrogen and oxygen atoms in total. The number of thiol groups is 1. The summed E-state index contributed by atoms with van der Waals surface area (Å²) in [6.45, 7) is 1.80. The zero-order valence-electron chi connectivity index (χ0n) is 19.6. The monoisotopic (exact) mass is 506 g/mol. The highest BCUT2D eigenvalue weighted by Crippen LogP contribution is 2.19. The summed E-state index contributed by atoms with van der Waals surface area (Å²) in [7, 11) is 0. The number of H-pyrrole nitrogens is 1. The van der Waals surface area contributed by atoms with Crippen LogP contribution in [0.25, 0.3) is 10.9 Å². The van der Waals surface area contributed by atoms with Gasteiger partial charge in [0, 0.05) is 29.3 Å². The van der Waals surface area contributed by atoms with Crippen LogP contribution in [0.3, 0.4) is 0 Å². The van der Waals surface area contributed by atoms with Crippen molar-refractivity contribution in [2.45, 2.75) is 56.8 Å². The Balaban J connectivity index is 2.19. The summed E-state index contributed by atoms with van der Waals surface area (Å²) in [4.78, 5) is 52.6. The lowest BCUT2D eigenvalue weighted by atomic mass is 10.0. The Morgan fingerprint density at radius 2 is 1.69 bits per heavy atom. The average Bonchev–Trinajstić information content (AvgIpc) is 3.24. The molecule has 192 valence electrons. The number of carboxylic acids is 1. The number of carbonyl (C=O) groups is 4. The van der Waals surface area contributed by atoms with E-state index in [0.29, 0.717) is 19.4 Å². The third-order valence-corrected chi connectivity index (χ3v) is 5.95. The number of para-hydroxylation sites is 1. The Hall–Kier alpha value is -3.09. The number of hydrogen-bond donors (Lipinski definition) is 8. The standard InChI is InChI=1S/C23H34N6O5S/c1-13(23(33)34)27-22(32)19(12-35)29-21(31)18(28-20(30)16(25)7-4-5-9-24)10-14-11-26-17-8-3-2-6-15(14)17/h2-3,6,8,11,13,16,18-19,26,35H,4-5,7,9-10,12,24-25H2,1H3,(H,27,32)(H,28,30)(H,29,31)(H,33,34). The normalized spacial score (nSPS) is 14.5. The molecule has 4 unspecified atom stereocenters. The van der Waals surface area contributed by atoms with Crippen molar-refractivity contribution >= 4 is 47.2 Å². The number of nitrogens with two attached hydrogens (primary N) is 2. The predicted molar refractivity (Wildman–Crippen MR) is 136 cm³/mol. The molecule has 0 aliphatic rings. The molecule has 3 amide bonds. The fourth-order valence-electron chi connectivity index (χ4n) is 3.49. The van der Waals surface area contributed by atoms with Gasteiger partial charge in [-0.25, -0.2) is 0 Å². The molecular weight excluding hydrogens is 472 g/mol. The fourth-order valence-corrected chi connectivity index (χ4v) is 3.75. The van der Waals surface area contributed by atoms with Crippen LogP contribution in [0.5, 0.6) is 0 Å². The van der Waals surface area contributed by atoms with Crippen molar-refractivity contribution in [1.82, 2.24) is 20.9 Å². The molecule has 0 radical (unpaired) electrons. The third kappa shape index (κ3) is 8.26. The second-order valence-corrected chi connectivity index (χ2v) is 8.69. The first kappa shape index (κ1) is 28.1. The Morgan fingerprint density at radius 1 is 1.03 bits per heavy atom. The van der Waals surface area contributed by atoms with E-state index in [4.69, 9.17) is 16.6 Å². The van der Waals surface area contributed by atoms with Gasteiger partial charge in [0.25, 0.3) is 0 Å². The number of carbonyl (C=O) groups excluding carboxylic acids is 3. The maximum Gasteiger partial charge on any atom is 0.325 e. The Kier molecular flexibility index (Phi) is 11.0. The summed E-state index contributed by atoms with van der Waals surface area (Å²) < 4.78 is 0. The number of aromatic nitrogens is 1. The maximum absolute atomic E-state index is 13.2. The van der Waals surface area contributed by atoms with E-state index in [1.165, 1.54) is 6.92 Å². The molecule has 0 bridgehead atoms. The van der Waals surface area contributed by atoms with E-state index in [9.17, 15) is 19.2 Å². The molecule has 2 rings (SSSR count). The second-order valence-electron chi connectivity index (χ2n) is 8.33. The van der Waals surface area contributed by atoms with Crippen LogP contribution in [0.1, 0.15) is 31.7 Å². The van der Waals surface area contributed by atoms with Crippen LogP contribution in [0, 0.1) is 0 Å². The zero-order valence-corrected chi connectivity index (χ0v) is 20.5. The molecule has 1 heterocycles. The van der Waals surface area contributed by atoms with E-state index in [1.807, 2.05) is 24.3 Å². The first-order chi connectivity index (χ1) is 16.7. The molecule has 1 aromatic heterocycles. The maximum atomic E-state index is 13.2. The van der Waals surface area contributed by atoms with Crippen LogP contribution in [0.4, 0.5) is 0 Å². The summed E-state index contributed by atoms with van der Waals surface area (Å²) in [5, 5.41) is 17.5. The molecule has 1 aromatic carbocycles. The minimum absolute atomic E-state index is 0.0731. The number of aliphatic carboxylic acids is 1. The summed E-state index contributed by atoms with van der Waals surface area (Å²) >= 11 is 4.11. The highest BCUT2D eigenvalue weighted by molar-refractivity contribution is 7.80. The molecule has 0 spiro atoms. The van der Waals surface area contributed by atoms with E-state index < -0.39 is 47.9 Å². The van der Waals surface area contributed by atoms with E-state index in [2.05, 4.69) is 33.6 Å². The average molecular weight is 507 g/mol. The first-order valence-electron chi connectivity index (χ1n) is 11.4. The minimum Gasteiger partial charge on any atom is -0.480 e. The molecule has 0 saturated heterocycles. The van der Waals surface area contributed by atoms with Crippen molar-refractivity contribution in [1.29, 1.82) is 0 Å². The van der Waals surface area contributed by atoms with Crippen molar-refractivity contribution in [3.8, 4) is 0 Å². The summed E-state index contributed by atoms with van der Waals surface area (Å²) in [6, 6.07) is 3.44. The van der Waals surface area contributed by atoms with Crippen LogP contribution >= 0.6 is 12.6 Å². The minimum atomic E-state index is -1.21. The highest BCUT2D eigenvalue weighted by atomic mass is 32.1. The molecule has 0 fully saturated rings. The zero-order chi connectivity index (χ0) is 26.0. The molecule has 9 N–H and O–H groups in total. The van der Waals surface area contributed by atoms with E-state index in [0.717, 1.165) is 22.9 Å². The first-order valence-corrected chi connectivity index (χ1v) is 12.1. The number of fused-ring (bicyclic) bond motifs is 1. The summed E-state index contributed by atoms with van der Waals surface area (Å²) in [5.41, 5.74) is 13.2. The molecule has 12 heteroatoms. The number of nitrogens with one attached hydrogen (secondary N) is 4. The molecule has 35 heavy (non-hydrogen) atoms. The Labute approximate surface area is 209 Å². The van der Waals surface area contributed by atoms with Gasteiger partial charge < -0.3 is 37.5 Å². The van der Waals surface area contributed by atoms with Crippen molar-refractivity contribution in [3.05, 3.63) is 36.0 Å². The number of carboxylic acid groups (broad SMARTS) is 1. The molecule has 4 atom stereocenters. The van der Waals surface area contributed by atoms with Gasteiger partial charge in [0.2, 0.25) is 17.7 Å². The van der Waals surface area contributed by atoms with Crippen molar-refractivity contribution in [2.75, 3.05) is 12.3 Å². The van der Waals surface area contributed by atoms with E-state index >= 15 is 0 Å². The Bertz CT molecular complexity index is 1030. The summed E-state index contributed by atoms with van der Waals surface area (Å²) in [5.74, 6) is -3.09. The van der Waals surface area contributed by atoms with Crippen LogP contribution < -0.4 is 27.4 Å². The SMILES string of the molecule is CC(NC(=O)C(CS)NC(=O)C(Cc1c[nH]c2ccccc12)NC(=O)C(N)CCCCN)C(=O)O. The van der Waals surface area contributed by atoms with Gasteiger partial charge in [0.1, 0.15) is 18.1 Å². The van der Waals surface area contributed by atoms with Gasteiger partial charge in [-0.15, -0.1) is 0 Å². The third-order valence-electron chi connectivity index (χ3n) is 5.58. The lowest BCUT2D eigenvalue weighted by Crippen LogP contribution is -2.57. The van der Waals surface area contributed by atoms with Gasteiger partial charge >= 0.3 is 5.97 Å². The van der Waals surface area contributed by atoms with Gasteiger partial charge in [-0.05, 0) is 37.9 Å². The molecule has 0 aliphatic carbocycles. The lowest BCUT2D eigenvalue weighted by Gasteiger charge is -2.24. The van der Waals surface area contributed by atoms with E-state index in [-0.39, 0.29) is 12.2 Å². The summed E-state index contributed by atoms with van der Waals surface area (Å²) in [6.07, 6.45) is 3.72. The number of amides is 3. The highest BCUT2D eigenvalue weighted by Gasteiger charge is 2.29.